The van der Waals surface area contributed by atoms with Crippen LogP contribution in [0.15, 0.2) is 59.8 Å². The number of carbonyl (C=O) groups excluding carboxylic acids is 3. The van der Waals surface area contributed by atoms with Gasteiger partial charge in [-0.05, 0) is 18.6 Å². The van der Waals surface area contributed by atoms with Crippen molar-refractivity contribution in [3.63, 3.8) is 0 Å². The molecule has 32 heavy (non-hydrogen) atoms. The minimum Gasteiger partial charge on any atom is -0.463 e. The molecule has 0 radical (unpaired) electrons. The maximum atomic E-state index is 12.7. The number of nitrogens with zero attached hydrogens (tertiary/aromatic N) is 1. The van der Waals surface area contributed by atoms with Crippen molar-refractivity contribution in [2.45, 2.75) is 13.0 Å². The molecule has 1 aliphatic heterocycles. The number of hydrogen-bond acceptors (Lipinski definition) is 8. The van der Waals surface area contributed by atoms with Crippen molar-refractivity contribution < 1.29 is 28.8 Å². The maximum absolute atomic E-state index is 12.7. The second kappa shape index (κ2) is 9.60. The number of hydrogen-bond donors (Lipinski definition) is 3. The number of esters is 2. The number of benzene rings is 2. The average molecular weight is 440 g/mol. The van der Waals surface area contributed by atoms with Crippen LogP contribution in [0, 0.1) is 10.1 Å². The molecule has 0 aliphatic carbocycles. The molecule has 11 heteroatoms. The molecule has 0 saturated heterocycles. The molecule has 2 amide bonds. The lowest BCUT2D eigenvalue weighted by atomic mass is 9.95. The van der Waals surface area contributed by atoms with E-state index in [1.165, 1.54) is 6.07 Å². The van der Waals surface area contributed by atoms with Gasteiger partial charge in [-0.25, -0.2) is 14.4 Å². The van der Waals surface area contributed by atoms with Gasteiger partial charge < -0.3 is 25.8 Å². The van der Waals surface area contributed by atoms with E-state index in [1.54, 1.807) is 37.3 Å². The topological polar surface area (TPSA) is 163 Å². The average Bonchev–Trinajstić information content (AvgIpc) is 2.77. The number of nitrogens with one attached hydrogen (secondary N) is 2. The first-order valence-electron chi connectivity index (χ1n) is 9.55. The van der Waals surface area contributed by atoms with Gasteiger partial charge in [0.05, 0.1) is 34.4 Å². The van der Waals surface area contributed by atoms with Gasteiger partial charge in [0.15, 0.2) is 0 Å². The Hall–Kier alpha value is -4.41. The molecular formula is C21H20N4O7. The van der Waals surface area contributed by atoms with Crippen molar-refractivity contribution >= 4 is 29.3 Å². The number of urea groups is 1. The monoisotopic (exact) mass is 440 g/mol. The van der Waals surface area contributed by atoms with E-state index >= 15 is 0 Å². The maximum Gasteiger partial charge on any atom is 0.340 e. The van der Waals surface area contributed by atoms with Crippen LogP contribution >= 0.6 is 0 Å². The summed E-state index contributed by atoms with van der Waals surface area (Å²) in [6.07, 6.45) is 0. The number of rotatable bonds is 7. The van der Waals surface area contributed by atoms with Crippen molar-refractivity contribution in [2.75, 3.05) is 18.9 Å². The van der Waals surface area contributed by atoms with Crippen molar-refractivity contribution in [3.05, 3.63) is 81.0 Å². The Morgan fingerprint density at radius 1 is 1.12 bits per heavy atom. The lowest BCUT2D eigenvalue weighted by Crippen LogP contribution is -2.47. The molecule has 1 unspecified atom stereocenters. The molecular weight excluding hydrogens is 420 g/mol. The number of amides is 2. The summed E-state index contributed by atoms with van der Waals surface area (Å²) in [7, 11) is 0. The van der Waals surface area contributed by atoms with Gasteiger partial charge in [-0.15, -0.1) is 0 Å². The van der Waals surface area contributed by atoms with E-state index in [1.807, 2.05) is 0 Å². The molecule has 1 aliphatic rings. The van der Waals surface area contributed by atoms with Crippen LogP contribution in [-0.4, -0.2) is 36.1 Å². The fraction of sp³-hybridized carbons (Fsp3) is 0.190. The number of non-ortho nitro benzene ring substituents is 1. The molecule has 3 rings (SSSR count). The van der Waals surface area contributed by atoms with E-state index in [0.717, 1.165) is 12.1 Å². The van der Waals surface area contributed by atoms with E-state index in [9.17, 15) is 24.5 Å². The Morgan fingerprint density at radius 2 is 1.84 bits per heavy atom. The van der Waals surface area contributed by atoms with Crippen LogP contribution in [0.4, 0.5) is 16.2 Å². The van der Waals surface area contributed by atoms with Gasteiger partial charge in [0.2, 0.25) is 0 Å². The van der Waals surface area contributed by atoms with Crippen LogP contribution < -0.4 is 16.4 Å². The summed E-state index contributed by atoms with van der Waals surface area (Å²) in [6, 6.07) is 10.7. The van der Waals surface area contributed by atoms with Crippen LogP contribution in [0.1, 0.15) is 28.9 Å². The Labute approximate surface area is 182 Å². The lowest BCUT2D eigenvalue weighted by Gasteiger charge is -2.29. The lowest BCUT2D eigenvalue weighted by molar-refractivity contribution is -0.384. The third-order valence-electron chi connectivity index (χ3n) is 4.60. The number of nitrogen functional groups attached to an aromatic ring is 1. The van der Waals surface area contributed by atoms with Gasteiger partial charge in [0.25, 0.3) is 5.69 Å². The number of carbonyl (C=O) groups is 3. The normalized spacial score (nSPS) is 15.4. The zero-order valence-electron chi connectivity index (χ0n) is 17.0. The van der Waals surface area contributed by atoms with Crippen molar-refractivity contribution in [1.82, 2.24) is 10.6 Å². The Balaban J connectivity index is 1.93. The van der Waals surface area contributed by atoms with Crippen LogP contribution in [0.5, 0.6) is 0 Å². The first-order valence-corrected chi connectivity index (χ1v) is 9.55. The van der Waals surface area contributed by atoms with E-state index in [0.29, 0.717) is 5.56 Å². The quantitative estimate of drug-likeness (QED) is 0.255. The van der Waals surface area contributed by atoms with Crippen molar-refractivity contribution in [1.29, 1.82) is 0 Å². The third kappa shape index (κ3) is 4.83. The van der Waals surface area contributed by atoms with E-state index < -0.39 is 35.5 Å². The van der Waals surface area contributed by atoms with Gasteiger partial charge in [0, 0.05) is 17.8 Å². The van der Waals surface area contributed by atoms with Crippen LogP contribution in [0.25, 0.3) is 0 Å². The highest BCUT2D eigenvalue weighted by Gasteiger charge is 2.34. The Kier molecular flexibility index (Phi) is 6.68. The highest BCUT2D eigenvalue weighted by molar-refractivity contribution is 5.97. The second-order valence-electron chi connectivity index (χ2n) is 6.66. The van der Waals surface area contributed by atoms with Crippen molar-refractivity contribution in [3.8, 4) is 0 Å². The standard InChI is InChI=1S/C21H20N4O7/c1-2-31-20(27)17-16(23-21(28)24-18(17)12-6-4-3-5-7-12)11-32-19(26)14-10-13(25(29)30)8-9-15(14)22/h3-10,18H,2,11,22H2,1H3,(H2,23,24,28). The molecule has 2 aromatic rings. The highest BCUT2D eigenvalue weighted by atomic mass is 16.6. The van der Waals surface area contributed by atoms with E-state index in [2.05, 4.69) is 10.6 Å². The molecule has 4 N–H and O–H groups in total. The Morgan fingerprint density at radius 3 is 2.50 bits per heavy atom. The second-order valence-corrected chi connectivity index (χ2v) is 6.66. The minimum atomic E-state index is -0.953. The van der Waals surface area contributed by atoms with E-state index in [-0.39, 0.29) is 34.8 Å². The van der Waals surface area contributed by atoms with Gasteiger partial charge in [-0.1, -0.05) is 30.3 Å². The molecule has 0 aromatic heterocycles. The zero-order chi connectivity index (χ0) is 23.3. The summed E-state index contributed by atoms with van der Waals surface area (Å²) in [5.74, 6) is -1.65. The number of nitrogens with two attached hydrogens (primary N) is 1. The van der Waals surface area contributed by atoms with Crippen LogP contribution in [0.2, 0.25) is 0 Å². The smallest absolute Gasteiger partial charge is 0.340 e. The SMILES string of the molecule is CCOC(=O)C1=C(COC(=O)c2cc([N+](=O)[O-])ccc2N)NC(=O)NC1c1ccccc1. The molecule has 0 saturated carbocycles. The largest absolute Gasteiger partial charge is 0.463 e. The molecule has 2 aromatic carbocycles. The fourth-order valence-electron chi connectivity index (χ4n) is 3.13. The molecule has 0 spiro atoms. The summed E-state index contributed by atoms with van der Waals surface area (Å²) in [5, 5.41) is 16.1. The fourth-order valence-corrected chi connectivity index (χ4v) is 3.13. The number of ether oxygens (including phenoxy) is 2. The summed E-state index contributed by atoms with van der Waals surface area (Å²) in [6.45, 7) is 1.23. The molecule has 1 heterocycles. The predicted molar refractivity (Wildman–Crippen MR) is 112 cm³/mol. The van der Waals surface area contributed by atoms with Gasteiger partial charge >= 0.3 is 18.0 Å². The van der Waals surface area contributed by atoms with Crippen LogP contribution in [0.3, 0.4) is 0 Å². The molecule has 166 valence electrons. The number of anilines is 1. The summed E-state index contributed by atoms with van der Waals surface area (Å²) in [5.41, 5.74) is 5.90. The Bertz CT molecular complexity index is 1100. The molecule has 1 atom stereocenters. The summed E-state index contributed by atoms with van der Waals surface area (Å²) in [4.78, 5) is 47.7. The predicted octanol–water partition coefficient (Wildman–Crippen LogP) is 2.21. The van der Waals surface area contributed by atoms with Crippen LogP contribution in [-0.2, 0) is 14.3 Å². The third-order valence-corrected chi connectivity index (χ3v) is 4.60. The highest BCUT2D eigenvalue weighted by Crippen LogP contribution is 2.28. The number of nitro benzene ring substituents is 1. The first kappa shape index (κ1) is 22.3. The molecule has 0 bridgehead atoms. The van der Waals surface area contributed by atoms with Gasteiger partial charge in [-0.2, -0.15) is 0 Å². The first-order chi connectivity index (χ1) is 15.3. The van der Waals surface area contributed by atoms with Crippen molar-refractivity contribution in [2.24, 2.45) is 0 Å². The zero-order valence-corrected chi connectivity index (χ0v) is 17.0. The van der Waals surface area contributed by atoms with Gasteiger partial charge in [-0.3, -0.25) is 10.1 Å². The van der Waals surface area contributed by atoms with E-state index in [4.69, 9.17) is 15.2 Å². The molecule has 11 nitrogen and oxygen atoms in total. The summed E-state index contributed by atoms with van der Waals surface area (Å²) >= 11 is 0. The van der Waals surface area contributed by atoms with Gasteiger partial charge in [0.1, 0.15) is 6.61 Å². The minimum absolute atomic E-state index is 0.0169. The number of nitro groups is 1. The summed E-state index contributed by atoms with van der Waals surface area (Å²) < 4.78 is 10.4. The molecule has 0 fully saturated rings.